The standard InChI is InChI=1S/C13H18ClNO2/c1-17-12-6-4-5-11(9-12)10-15-13(16)7-2-3-8-14/h4-6,9H,2-3,7-8,10H2,1H3,(H,15,16). The first-order valence-corrected chi connectivity index (χ1v) is 6.25. The van der Waals surface area contributed by atoms with Gasteiger partial charge in [0, 0.05) is 18.8 Å². The summed E-state index contributed by atoms with van der Waals surface area (Å²) >= 11 is 5.55. The fourth-order valence-corrected chi connectivity index (χ4v) is 1.64. The van der Waals surface area contributed by atoms with Crippen LogP contribution in [0.4, 0.5) is 0 Å². The molecule has 0 saturated heterocycles. The lowest BCUT2D eigenvalue weighted by Gasteiger charge is -2.06. The number of hydrogen-bond acceptors (Lipinski definition) is 2. The normalized spacial score (nSPS) is 10.0. The number of methoxy groups -OCH3 is 1. The second-order valence-electron chi connectivity index (χ2n) is 3.77. The second-order valence-corrected chi connectivity index (χ2v) is 4.15. The van der Waals surface area contributed by atoms with Crippen molar-refractivity contribution in [2.75, 3.05) is 13.0 Å². The summed E-state index contributed by atoms with van der Waals surface area (Å²) in [6.07, 6.45) is 2.26. The molecule has 0 spiro atoms. The van der Waals surface area contributed by atoms with Crippen LogP contribution in [0.25, 0.3) is 0 Å². The Kier molecular flexibility index (Phi) is 6.48. The molecule has 0 aliphatic carbocycles. The minimum Gasteiger partial charge on any atom is -0.497 e. The summed E-state index contributed by atoms with van der Waals surface area (Å²) in [6, 6.07) is 7.67. The Bertz CT molecular complexity index is 355. The molecule has 4 heteroatoms. The topological polar surface area (TPSA) is 38.3 Å². The van der Waals surface area contributed by atoms with Crippen LogP contribution in [0.3, 0.4) is 0 Å². The zero-order valence-electron chi connectivity index (χ0n) is 10.0. The van der Waals surface area contributed by atoms with E-state index in [0.29, 0.717) is 18.8 Å². The van der Waals surface area contributed by atoms with E-state index in [1.807, 2.05) is 24.3 Å². The molecule has 0 aliphatic heterocycles. The first kappa shape index (κ1) is 13.8. The van der Waals surface area contributed by atoms with E-state index in [1.165, 1.54) is 0 Å². The van der Waals surface area contributed by atoms with Crippen LogP contribution >= 0.6 is 11.6 Å². The molecule has 1 rings (SSSR count). The van der Waals surface area contributed by atoms with E-state index in [0.717, 1.165) is 24.2 Å². The molecule has 94 valence electrons. The number of carbonyl (C=O) groups excluding carboxylic acids is 1. The van der Waals surface area contributed by atoms with Crippen molar-refractivity contribution in [3.8, 4) is 5.75 Å². The van der Waals surface area contributed by atoms with Crippen LogP contribution in [0.5, 0.6) is 5.75 Å². The number of halogens is 1. The van der Waals surface area contributed by atoms with Crippen molar-refractivity contribution in [1.29, 1.82) is 0 Å². The van der Waals surface area contributed by atoms with Gasteiger partial charge in [-0.2, -0.15) is 0 Å². The predicted octanol–water partition coefficient (Wildman–Crippen LogP) is 2.72. The Morgan fingerprint density at radius 1 is 1.41 bits per heavy atom. The largest absolute Gasteiger partial charge is 0.497 e. The third-order valence-corrected chi connectivity index (χ3v) is 2.68. The Morgan fingerprint density at radius 2 is 2.24 bits per heavy atom. The van der Waals surface area contributed by atoms with Gasteiger partial charge in [0.2, 0.25) is 5.91 Å². The van der Waals surface area contributed by atoms with Gasteiger partial charge in [0.1, 0.15) is 5.75 Å². The number of nitrogens with one attached hydrogen (secondary N) is 1. The molecule has 0 heterocycles. The van der Waals surface area contributed by atoms with Gasteiger partial charge >= 0.3 is 0 Å². The lowest BCUT2D eigenvalue weighted by molar-refractivity contribution is -0.121. The Balaban J connectivity index is 2.31. The maximum absolute atomic E-state index is 11.5. The van der Waals surface area contributed by atoms with Crippen molar-refractivity contribution in [2.45, 2.75) is 25.8 Å². The molecule has 1 aromatic carbocycles. The van der Waals surface area contributed by atoms with Crippen LogP contribution in [0.2, 0.25) is 0 Å². The summed E-state index contributed by atoms with van der Waals surface area (Å²) < 4.78 is 5.11. The molecule has 0 bridgehead atoms. The summed E-state index contributed by atoms with van der Waals surface area (Å²) in [4.78, 5) is 11.5. The van der Waals surface area contributed by atoms with E-state index >= 15 is 0 Å². The quantitative estimate of drug-likeness (QED) is 0.601. The van der Waals surface area contributed by atoms with Gasteiger partial charge in [-0.1, -0.05) is 12.1 Å². The smallest absolute Gasteiger partial charge is 0.220 e. The number of rotatable bonds is 7. The van der Waals surface area contributed by atoms with E-state index in [1.54, 1.807) is 7.11 Å². The van der Waals surface area contributed by atoms with Gasteiger partial charge in [0.25, 0.3) is 0 Å². The van der Waals surface area contributed by atoms with Gasteiger partial charge in [-0.3, -0.25) is 4.79 Å². The van der Waals surface area contributed by atoms with Crippen LogP contribution < -0.4 is 10.1 Å². The van der Waals surface area contributed by atoms with Crippen LogP contribution in [0.15, 0.2) is 24.3 Å². The maximum Gasteiger partial charge on any atom is 0.220 e. The number of benzene rings is 1. The highest BCUT2D eigenvalue weighted by Crippen LogP contribution is 2.12. The number of carbonyl (C=O) groups is 1. The first-order chi connectivity index (χ1) is 8.26. The molecular weight excluding hydrogens is 238 g/mol. The monoisotopic (exact) mass is 255 g/mol. The highest BCUT2D eigenvalue weighted by Gasteiger charge is 2.01. The highest BCUT2D eigenvalue weighted by atomic mass is 35.5. The molecule has 3 nitrogen and oxygen atoms in total. The highest BCUT2D eigenvalue weighted by molar-refractivity contribution is 6.17. The number of ether oxygens (including phenoxy) is 1. The predicted molar refractivity (Wildman–Crippen MR) is 69.4 cm³/mol. The SMILES string of the molecule is COc1cccc(CNC(=O)CCCCCl)c1. The van der Waals surface area contributed by atoms with Crippen LogP contribution in [-0.2, 0) is 11.3 Å². The minimum absolute atomic E-state index is 0.0675. The molecule has 1 aromatic rings. The lowest BCUT2D eigenvalue weighted by Crippen LogP contribution is -2.22. The third-order valence-electron chi connectivity index (χ3n) is 2.41. The fraction of sp³-hybridized carbons (Fsp3) is 0.462. The van der Waals surface area contributed by atoms with Crippen LogP contribution in [0, 0.1) is 0 Å². The lowest BCUT2D eigenvalue weighted by atomic mass is 10.2. The summed E-state index contributed by atoms with van der Waals surface area (Å²) in [5.74, 6) is 1.49. The molecule has 17 heavy (non-hydrogen) atoms. The van der Waals surface area contributed by atoms with Crippen LogP contribution in [-0.4, -0.2) is 18.9 Å². The van der Waals surface area contributed by atoms with E-state index in [9.17, 15) is 4.79 Å². The van der Waals surface area contributed by atoms with E-state index in [-0.39, 0.29) is 5.91 Å². The average Bonchev–Trinajstić information content (AvgIpc) is 2.37. The van der Waals surface area contributed by atoms with Gasteiger partial charge in [0.05, 0.1) is 7.11 Å². The summed E-state index contributed by atoms with van der Waals surface area (Å²) in [6.45, 7) is 0.539. The Hall–Kier alpha value is -1.22. The molecule has 0 radical (unpaired) electrons. The van der Waals surface area contributed by atoms with Crippen molar-refractivity contribution in [2.24, 2.45) is 0 Å². The zero-order chi connectivity index (χ0) is 12.5. The second kappa shape index (κ2) is 7.96. The summed E-state index contributed by atoms with van der Waals surface area (Å²) in [5, 5.41) is 2.87. The van der Waals surface area contributed by atoms with Gasteiger partial charge in [-0.15, -0.1) is 11.6 Å². The van der Waals surface area contributed by atoms with Gasteiger partial charge in [-0.05, 0) is 30.5 Å². The van der Waals surface area contributed by atoms with Crippen LogP contribution in [0.1, 0.15) is 24.8 Å². The van der Waals surface area contributed by atoms with Crippen molar-refractivity contribution in [3.05, 3.63) is 29.8 Å². The molecule has 0 aromatic heterocycles. The zero-order valence-corrected chi connectivity index (χ0v) is 10.8. The fourth-order valence-electron chi connectivity index (χ4n) is 1.45. The van der Waals surface area contributed by atoms with Gasteiger partial charge < -0.3 is 10.1 Å². The number of alkyl halides is 1. The van der Waals surface area contributed by atoms with Gasteiger partial charge in [-0.25, -0.2) is 0 Å². The minimum atomic E-state index is 0.0675. The number of unbranched alkanes of at least 4 members (excludes halogenated alkanes) is 1. The Labute approximate surface area is 107 Å². The van der Waals surface area contributed by atoms with Crippen molar-refractivity contribution < 1.29 is 9.53 Å². The molecule has 0 aliphatic rings. The molecule has 0 atom stereocenters. The van der Waals surface area contributed by atoms with Crippen molar-refractivity contribution >= 4 is 17.5 Å². The van der Waals surface area contributed by atoms with E-state index in [4.69, 9.17) is 16.3 Å². The maximum atomic E-state index is 11.5. The Morgan fingerprint density at radius 3 is 2.94 bits per heavy atom. The summed E-state index contributed by atoms with van der Waals surface area (Å²) in [7, 11) is 1.63. The van der Waals surface area contributed by atoms with E-state index in [2.05, 4.69) is 5.32 Å². The molecule has 1 N–H and O–H groups in total. The van der Waals surface area contributed by atoms with Gasteiger partial charge in [0.15, 0.2) is 0 Å². The molecule has 1 amide bonds. The van der Waals surface area contributed by atoms with Crippen molar-refractivity contribution in [3.63, 3.8) is 0 Å². The van der Waals surface area contributed by atoms with E-state index < -0.39 is 0 Å². The molecule has 0 fully saturated rings. The number of hydrogen-bond donors (Lipinski definition) is 1. The number of amides is 1. The average molecular weight is 256 g/mol. The molecular formula is C13H18ClNO2. The molecule has 0 saturated carbocycles. The van der Waals surface area contributed by atoms with Crippen molar-refractivity contribution in [1.82, 2.24) is 5.32 Å². The third kappa shape index (κ3) is 5.59. The summed E-state index contributed by atoms with van der Waals surface area (Å²) in [5.41, 5.74) is 1.04. The first-order valence-electron chi connectivity index (χ1n) is 5.72. The molecule has 0 unspecified atom stereocenters.